The number of hydrogen-bond donors (Lipinski definition) is 1. The third kappa shape index (κ3) is 4.82. The van der Waals surface area contributed by atoms with E-state index in [-0.39, 0.29) is 13.2 Å². The number of halogens is 1. The Balaban J connectivity index is 2.55. The van der Waals surface area contributed by atoms with Crippen LogP contribution in [0.1, 0.15) is 19.4 Å². The summed E-state index contributed by atoms with van der Waals surface area (Å²) >= 11 is 6.03. The van der Waals surface area contributed by atoms with Gasteiger partial charge in [-0.2, -0.15) is 0 Å². The first-order chi connectivity index (χ1) is 8.71. The fraction of sp³-hybridized carbons (Fsp3) is 0.538. The normalized spacial score (nSPS) is 10.9. The maximum absolute atomic E-state index is 8.97. The van der Waals surface area contributed by atoms with Gasteiger partial charge in [-0.3, -0.25) is 0 Å². The second-order valence-electron chi connectivity index (χ2n) is 3.57. The van der Waals surface area contributed by atoms with Crippen LogP contribution in [0.25, 0.3) is 0 Å². The highest BCUT2D eigenvalue weighted by molar-refractivity contribution is 6.32. The highest BCUT2D eigenvalue weighted by Gasteiger charge is 2.10. The van der Waals surface area contributed by atoms with Crippen LogP contribution in [0.15, 0.2) is 18.2 Å². The minimum absolute atomic E-state index is 0.0412. The number of aliphatic hydroxyl groups excluding tert-OH is 1. The Labute approximate surface area is 112 Å². The van der Waals surface area contributed by atoms with Crippen molar-refractivity contribution in [2.24, 2.45) is 0 Å². The molecule has 18 heavy (non-hydrogen) atoms. The summed E-state index contributed by atoms with van der Waals surface area (Å²) < 4.78 is 16.3. The maximum atomic E-state index is 8.97. The van der Waals surface area contributed by atoms with Gasteiger partial charge in [0.1, 0.15) is 12.4 Å². The molecule has 0 radical (unpaired) electrons. The summed E-state index contributed by atoms with van der Waals surface area (Å²) in [5.41, 5.74) is 0.749. The molecule has 0 heterocycles. The lowest BCUT2D eigenvalue weighted by Crippen LogP contribution is -2.25. The lowest BCUT2D eigenvalue weighted by molar-refractivity contribution is -0.152. The molecular formula is C13H19ClO4. The molecule has 0 aliphatic rings. The molecule has 0 saturated heterocycles. The average Bonchev–Trinajstić information content (AvgIpc) is 2.37. The summed E-state index contributed by atoms with van der Waals surface area (Å²) in [4.78, 5) is 0. The Morgan fingerprint density at radius 3 is 2.39 bits per heavy atom. The molecule has 0 bridgehead atoms. The van der Waals surface area contributed by atoms with Gasteiger partial charge in [0, 0.05) is 13.2 Å². The number of benzene rings is 1. The molecule has 0 aliphatic heterocycles. The molecule has 1 aromatic rings. The third-order valence-corrected chi connectivity index (χ3v) is 2.55. The van der Waals surface area contributed by atoms with Crippen molar-refractivity contribution < 1.29 is 19.3 Å². The highest BCUT2D eigenvalue weighted by atomic mass is 35.5. The molecule has 0 aliphatic carbocycles. The fourth-order valence-electron chi connectivity index (χ4n) is 1.43. The van der Waals surface area contributed by atoms with Gasteiger partial charge in [-0.15, -0.1) is 0 Å². The van der Waals surface area contributed by atoms with Crippen LogP contribution >= 0.6 is 11.6 Å². The molecule has 0 saturated carbocycles. The van der Waals surface area contributed by atoms with E-state index >= 15 is 0 Å². The van der Waals surface area contributed by atoms with E-state index in [1.165, 1.54) is 0 Å². The lowest BCUT2D eigenvalue weighted by Gasteiger charge is -2.18. The van der Waals surface area contributed by atoms with E-state index in [2.05, 4.69) is 0 Å². The first-order valence-electron chi connectivity index (χ1n) is 5.96. The van der Waals surface area contributed by atoms with Crippen LogP contribution in [0, 0.1) is 0 Å². The van der Waals surface area contributed by atoms with E-state index in [1.54, 1.807) is 18.2 Å². The second-order valence-corrected chi connectivity index (χ2v) is 3.98. The molecule has 1 rings (SSSR count). The molecule has 1 N–H and O–H groups in total. The monoisotopic (exact) mass is 274 g/mol. The largest absolute Gasteiger partial charge is 0.487 e. The first kappa shape index (κ1) is 15.2. The van der Waals surface area contributed by atoms with Gasteiger partial charge < -0.3 is 19.3 Å². The summed E-state index contributed by atoms with van der Waals surface area (Å²) in [7, 11) is 0. The second kappa shape index (κ2) is 8.32. The number of ether oxygens (including phenoxy) is 3. The van der Waals surface area contributed by atoms with Crippen molar-refractivity contribution in [1.82, 2.24) is 0 Å². The fourth-order valence-corrected chi connectivity index (χ4v) is 1.69. The Kier molecular flexibility index (Phi) is 7.05. The summed E-state index contributed by atoms with van der Waals surface area (Å²) in [5, 5.41) is 9.44. The number of hydrogen-bond acceptors (Lipinski definition) is 4. The van der Waals surface area contributed by atoms with Crippen LogP contribution in [0.5, 0.6) is 5.75 Å². The maximum Gasteiger partial charge on any atom is 0.191 e. The number of aliphatic hydroxyl groups is 1. The third-order valence-electron chi connectivity index (χ3n) is 2.26. The van der Waals surface area contributed by atoms with Crippen LogP contribution in [0.4, 0.5) is 0 Å². The predicted octanol–water partition coefficient (Wildman–Crippen LogP) is 2.61. The van der Waals surface area contributed by atoms with E-state index in [0.717, 1.165) is 5.56 Å². The van der Waals surface area contributed by atoms with Gasteiger partial charge in [0.05, 0.1) is 11.6 Å². The van der Waals surface area contributed by atoms with Gasteiger partial charge in [0.15, 0.2) is 6.29 Å². The number of rotatable bonds is 8. The Morgan fingerprint density at radius 1 is 1.22 bits per heavy atom. The molecular weight excluding hydrogens is 256 g/mol. The lowest BCUT2D eigenvalue weighted by atomic mass is 10.2. The Hall–Kier alpha value is -0.810. The predicted molar refractivity (Wildman–Crippen MR) is 69.9 cm³/mol. The molecule has 0 atom stereocenters. The molecule has 0 amide bonds. The van der Waals surface area contributed by atoms with Gasteiger partial charge in [-0.05, 0) is 31.5 Å². The summed E-state index contributed by atoms with van der Waals surface area (Å²) in [5.74, 6) is 0.554. The van der Waals surface area contributed by atoms with Crippen molar-refractivity contribution in [3.8, 4) is 5.75 Å². The minimum atomic E-state index is -0.395. The average molecular weight is 275 g/mol. The Bertz CT molecular complexity index is 351. The van der Waals surface area contributed by atoms with Gasteiger partial charge in [-0.1, -0.05) is 17.7 Å². The van der Waals surface area contributed by atoms with Crippen LogP contribution in [0.2, 0.25) is 5.02 Å². The Morgan fingerprint density at radius 2 is 1.89 bits per heavy atom. The zero-order valence-electron chi connectivity index (χ0n) is 10.7. The zero-order chi connectivity index (χ0) is 13.4. The van der Waals surface area contributed by atoms with Crippen LogP contribution in [0.3, 0.4) is 0 Å². The van der Waals surface area contributed by atoms with E-state index in [0.29, 0.717) is 24.0 Å². The first-order valence-corrected chi connectivity index (χ1v) is 6.34. The van der Waals surface area contributed by atoms with E-state index < -0.39 is 6.29 Å². The molecule has 0 fully saturated rings. The SMILES string of the molecule is CCOC(COc1ccc(CO)cc1Cl)OCC. The smallest absolute Gasteiger partial charge is 0.191 e. The standard InChI is InChI=1S/C13H19ClO4/c1-3-16-13(17-4-2)9-18-12-6-5-10(8-15)7-11(12)14/h5-7,13,15H,3-4,8-9H2,1-2H3. The van der Waals surface area contributed by atoms with Crippen LogP contribution in [-0.2, 0) is 16.1 Å². The van der Waals surface area contributed by atoms with Crippen molar-refractivity contribution in [2.45, 2.75) is 26.7 Å². The van der Waals surface area contributed by atoms with Gasteiger partial charge in [0.2, 0.25) is 0 Å². The molecule has 1 aromatic carbocycles. The topological polar surface area (TPSA) is 47.9 Å². The van der Waals surface area contributed by atoms with Crippen molar-refractivity contribution in [3.05, 3.63) is 28.8 Å². The van der Waals surface area contributed by atoms with Crippen molar-refractivity contribution in [1.29, 1.82) is 0 Å². The quantitative estimate of drug-likeness (QED) is 0.741. The summed E-state index contributed by atoms with van der Waals surface area (Å²) in [6.45, 7) is 5.15. The van der Waals surface area contributed by atoms with Crippen molar-refractivity contribution in [3.63, 3.8) is 0 Å². The van der Waals surface area contributed by atoms with Crippen LogP contribution < -0.4 is 4.74 Å². The van der Waals surface area contributed by atoms with Crippen molar-refractivity contribution >= 4 is 11.6 Å². The van der Waals surface area contributed by atoms with Gasteiger partial charge in [-0.25, -0.2) is 0 Å². The summed E-state index contributed by atoms with van der Waals surface area (Å²) in [6.07, 6.45) is -0.395. The zero-order valence-corrected chi connectivity index (χ0v) is 11.4. The molecule has 0 unspecified atom stereocenters. The van der Waals surface area contributed by atoms with Gasteiger partial charge in [0.25, 0.3) is 0 Å². The molecule has 0 spiro atoms. The molecule has 0 aromatic heterocycles. The van der Waals surface area contributed by atoms with E-state index in [9.17, 15) is 0 Å². The van der Waals surface area contributed by atoms with Crippen LogP contribution in [-0.4, -0.2) is 31.2 Å². The molecule has 102 valence electrons. The molecule has 5 heteroatoms. The van der Waals surface area contributed by atoms with Gasteiger partial charge >= 0.3 is 0 Å². The van der Waals surface area contributed by atoms with Crippen molar-refractivity contribution in [2.75, 3.05) is 19.8 Å². The minimum Gasteiger partial charge on any atom is -0.487 e. The van der Waals surface area contributed by atoms with E-state index in [1.807, 2.05) is 13.8 Å². The molecule has 4 nitrogen and oxygen atoms in total. The summed E-state index contributed by atoms with van der Waals surface area (Å²) in [6, 6.07) is 5.16. The van der Waals surface area contributed by atoms with E-state index in [4.69, 9.17) is 30.9 Å². The highest BCUT2D eigenvalue weighted by Crippen LogP contribution is 2.25.